The zero-order valence-corrected chi connectivity index (χ0v) is 10.3. The first-order valence-corrected chi connectivity index (χ1v) is 6.33. The van der Waals surface area contributed by atoms with E-state index in [0.717, 1.165) is 21.6 Å². The maximum atomic E-state index is 5.83. The first kappa shape index (κ1) is 10.6. The highest BCUT2D eigenvalue weighted by atomic mass is 35.5. The molecular weight excluding hydrogens is 254 g/mol. The molecule has 3 rings (SSSR count). The summed E-state index contributed by atoms with van der Waals surface area (Å²) < 4.78 is 6.90. The number of benzene rings is 1. The number of hydrogen-bond donors (Lipinski definition) is 0. The predicted molar refractivity (Wildman–Crippen MR) is 71.1 cm³/mol. The molecule has 0 amide bonds. The van der Waals surface area contributed by atoms with Crippen LogP contribution in [0.15, 0.2) is 48.1 Å². The van der Waals surface area contributed by atoms with Crippen molar-refractivity contribution in [1.29, 1.82) is 0 Å². The fourth-order valence-electron chi connectivity index (χ4n) is 1.57. The van der Waals surface area contributed by atoms with Crippen LogP contribution in [0.3, 0.4) is 0 Å². The summed E-state index contributed by atoms with van der Waals surface area (Å²) in [6, 6.07) is 9.32. The Morgan fingerprint density at radius 2 is 1.88 bits per heavy atom. The summed E-state index contributed by atoms with van der Waals surface area (Å²) in [5, 5.41) is 3.83. The molecule has 0 radical (unpaired) electrons. The van der Waals surface area contributed by atoms with E-state index < -0.39 is 0 Å². The van der Waals surface area contributed by atoms with E-state index >= 15 is 0 Å². The van der Waals surface area contributed by atoms with Gasteiger partial charge in [-0.2, -0.15) is 0 Å². The summed E-state index contributed by atoms with van der Waals surface area (Å²) >= 11 is 7.47. The number of nitrogens with zero attached hydrogens (tertiary/aromatic N) is 1. The van der Waals surface area contributed by atoms with Gasteiger partial charge in [-0.1, -0.05) is 11.6 Å². The highest BCUT2D eigenvalue weighted by molar-refractivity contribution is 7.17. The van der Waals surface area contributed by atoms with Crippen molar-refractivity contribution in [3.05, 3.63) is 53.1 Å². The molecule has 0 saturated carbocycles. The highest BCUT2D eigenvalue weighted by Crippen LogP contribution is 2.32. The average Bonchev–Trinajstić information content (AvgIpc) is 2.81. The van der Waals surface area contributed by atoms with Gasteiger partial charge in [0, 0.05) is 16.6 Å². The first-order valence-electron chi connectivity index (χ1n) is 5.07. The van der Waals surface area contributed by atoms with E-state index in [9.17, 15) is 0 Å². The van der Waals surface area contributed by atoms with Crippen LogP contribution in [0.25, 0.3) is 10.1 Å². The van der Waals surface area contributed by atoms with E-state index in [2.05, 4.69) is 4.98 Å². The van der Waals surface area contributed by atoms with Gasteiger partial charge in [0.25, 0.3) is 0 Å². The van der Waals surface area contributed by atoms with Gasteiger partial charge in [0.1, 0.15) is 5.75 Å². The van der Waals surface area contributed by atoms with Gasteiger partial charge >= 0.3 is 0 Å². The van der Waals surface area contributed by atoms with Gasteiger partial charge in [-0.05, 0) is 35.7 Å². The molecule has 84 valence electrons. The summed E-state index contributed by atoms with van der Waals surface area (Å²) in [7, 11) is 0. The van der Waals surface area contributed by atoms with Gasteiger partial charge in [-0.25, -0.2) is 0 Å². The second kappa shape index (κ2) is 4.35. The van der Waals surface area contributed by atoms with Gasteiger partial charge in [0.15, 0.2) is 5.75 Å². The third-order valence-electron chi connectivity index (χ3n) is 2.37. The topological polar surface area (TPSA) is 22.1 Å². The van der Waals surface area contributed by atoms with E-state index in [1.54, 1.807) is 29.7 Å². The van der Waals surface area contributed by atoms with Crippen molar-refractivity contribution in [2.75, 3.05) is 0 Å². The number of halogens is 1. The Balaban J connectivity index is 1.99. The van der Waals surface area contributed by atoms with Crippen molar-refractivity contribution in [1.82, 2.24) is 4.98 Å². The van der Waals surface area contributed by atoms with Crippen molar-refractivity contribution in [3.63, 3.8) is 0 Å². The zero-order valence-electron chi connectivity index (χ0n) is 8.76. The largest absolute Gasteiger partial charge is 0.454 e. The lowest BCUT2D eigenvalue weighted by atomic mass is 10.3. The quantitative estimate of drug-likeness (QED) is 0.665. The van der Waals surface area contributed by atoms with E-state index in [4.69, 9.17) is 16.3 Å². The molecular formula is C13H8ClNOS. The third kappa shape index (κ3) is 2.12. The minimum Gasteiger partial charge on any atom is -0.454 e. The second-order valence-corrected chi connectivity index (χ2v) is 4.89. The third-order valence-corrected chi connectivity index (χ3v) is 3.56. The molecule has 0 bridgehead atoms. The van der Waals surface area contributed by atoms with Gasteiger partial charge in [-0.3, -0.25) is 4.98 Å². The molecule has 0 N–H and O–H groups in total. The molecule has 0 aliphatic heterocycles. The number of ether oxygens (including phenoxy) is 1. The first-order chi connectivity index (χ1) is 8.33. The van der Waals surface area contributed by atoms with Crippen LogP contribution in [0.4, 0.5) is 0 Å². The van der Waals surface area contributed by atoms with E-state index in [1.807, 2.05) is 29.8 Å². The molecule has 1 aromatic carbocycles. The molecule has 4 heteroatoms. The van der Waals surface area contributed by atoms with Crippen LogP contribution in [-0.4, -0.2) is 4.98 Å². The fourth-order valence-corrected chi connectivity index (χ4v) is 2.51. The Hall–Kier alpha value is -1.58. The molecule has 0 unspecified atom stereocenters. The molecule has 2 nitrogen and oxygen atoms in total. The maximum absolute atomic E-state index is 5.83. The van der Waals surface area contributed by atoms with Crippen LogP contribution in [0.2, 0.25) is 5.02 Å². The van der Waals surface area contributed by atoms with Crippen molar-refractivity contribution in [2.24, 2.45) is 0 Å². The summed E-state index contributed by atoms with van der Waals surface area (Å²) in [4.78, 5) is 4.15. The minimum absolute atomic E-state index is 0.699. The molecule has 0 aliphatic rings. The van der Waals surface area contributed by atoms with Gasteiger partial charge in [-0.15, -0.1) is 11.3 Å². The molecule has 0 saturated heterocycles. The summed E-state index contributed by atoms with van der Waals surface area (Å²) in [5.74, 6) is 1.54. The van der Waals surface area contributed by atoms with Crippen LogP contribution in [-0.2, 0) is 0 Å². The number of hydrogen-bond acceptors (Lipinski definition) is 3. The van der Waals surface area contributed by atoms with Gasteiger partial charge in [0.2, 0.25) is 0 Å². The summed E-state index contributed by atoms with van der Waals surface area (Å²) in [5.41, 5.74) is 0. The van der Waals surface area contributed by atoms with Crippen molar-refractivity contribution in [3.8, 4) is 11.5 Å². The Morgan fingerprint density at radius 1 is 1.06 bits per heavy atom. The normalized spacial score (nSPS) is 10.6. The average molecular weight is 262 g/mol. The van der Waals surface area contributed by atoms with Crippen LogP contribution < -0.4 is 4.74 Å². The highest BCUT2D eigenvalue weighted by Gasteiger charge is 2.05. The molecule has 2 heterocycles. The molecule has 0 aliphatic carbocycles. The lowest BCUT2D eigenvalue weighted by molar-refractivity contribution is 0.487. The van der Waals surface area contributed by atoms with E-state index in [1.165, 1.54) is 0 Å². The zero-order chi connectivity index (χ0) is 11.7. The van der Waals surface area contributed by atoms with Crippen LogP contribution in [0.5, 0.6) is 11.5 Å². The van der Waals surface area contributed by atoms with Crippen molar-refractivity contribution < 1.29 is 4.74 Å². The molecule has 17 heavy (non-hydrogen) atoms. The maximum Gasteiger partial charge on any atom is 0.163 e. The lowest BCUT2D eigenvalue weighted by Crippen LogP contribution is -1.85. The van der Waals surface area contributed by atoms with Gasteiger partial charge in [0.05, 0.1) is 10.9 Å². The molecule has 3 aromatic rings. The number of aromatic nitrogens is 1. The van der Waals surface area contributed by atoms with Crippen molar-refractivity contribution >= 4 is 33.0 Å². The molecule has 0 atom stereocenters. The van der Waals surface area contributed by atoms with Crippen LogP contribution >= 0.6 is 22.9 Å². The number of fused-ring (bicyclic) bond motifs is 1. The van der Waals surface area contributed by atoms with E-state index in [-0.39, 0.29) is 0 Å². The predicted octanol–water partition coefficient (Wildman–Crippen LogP) is 4.74. The summed E-state index contributed by atoms with van der Waals surface area (Å²) in [6.45, 7) is 0. The Kier molecular flexibility index (Phi) is 2.71. The lowest BCUT2D eigenvalue weighted by Gasteiger charge is -2.05. The standard InChI is InChI=1S/C13H8ClNOS/c14-10-1-3-11(4-2-10)16-12-8-15-7-9-5-6-17-13(9)12/h1-8H. The Labute approximate surface area is 107 Å². The second-order valence-electron chi connectivity index (χ2n) is 3.53. The number of thiophene rings is 1. The summed E-state index contributed by atoms with van der Waals surface area (Å²) in [6.07, 6.45) is 3.56. The monoisotopic (exact) mass is 261 g/mol. The number of pyridine rings is 1. The smallest absolute Gasteiger partial charge is 0.163 e. The number of rotatable bonds is 2. The van der Waals surface area contributed by atoms with E-state index in [0.29, 0.717) is 5.02 Å². The minimum atomic E-state index is 0.699. The Morgan fingerprint density at radius 3 is 2.71 bits per heavy atom. The van der Waals surface area contributed by atoms with Gasteiger partial charge < -0.3 is 4.74 Å². The molecule has 2 aromatic heterocycles. The Bertz CT molecular complexity index is 648. The fraction of sp³-hybridized carbons (Fsp3) is 0. The SMILES string of the molecule is Clc1ccc(Oc2cncc3ccsc23)cc1. The van der Waals surface area contributed by atoms with Crippen LogP contribution in [0, 0.1) is 0 Å². The van der Waals surface area contributed by atoms with Crippen LogP contribution in [0.1, 0.15) is 0 Å². The van der Waals surface area contributed by atoms with Crippen molar-refractivity contribution in [2.45, 2.75) is 0 Å². The molecule has 0 fully saturated rings. The molecule has 0 spiro atoms.